The lowest BCUT2D eigenvalue weighted by molar-refractivity contribution is 0.243. The summed E-state index contributed by atoms with van der Waals surface area (Å²) in [6.07, 6.45) is 3.95. The summed E-state index contributed by atoms with van der Waals surface area (Å²) in [5, 5.41) is 0.0640. The van der Waals surface area contributed by atoms with E-state index in [1.165, 1.54) is 12.1 Å². The standard InChI is InChI=1S/C37H50ClFN4O3/c1-6-11-22-43-34-26-31(44-23-12-20-41(7-2)8-3)27-35(45-24-13-21-42(9-4)10-5)36(34)40-37(43)28-14-16-29(17-15-28)46-30-18-19-32(38)33(39)25-30/h14-19,25-27H,6-13,20-24H2,1-5H3. The Morgan fingerprint density at radius 2 is 1.37 bits per heavy atom. The third-order valence-corrected chi connectivity index (χ3v) is 8.63. The van der Waals surface area contributed by atoms with Crippen LogP contribution in [-0.4, -0.2) is 71.8 Å². The average Bonchev–Trinajstić information content (AvgIpc) is 3.44. The molecule has 0 saturated heterocycles. The van der Waals surface area contributed by atoms with Gasteiger partial charge in [-0.05, 0) is 81.8 Å². The maximum absolute atomic E-state index is 13.9. The van der Waals surface area contributed by atoms with E-state index in [-0.39, 0.29) is 5.02 Å². The van der Waals surface area contributed by atoms with E-state index in [1.807, 2.05) is 30.3 Å². The summed E-state index contributed by atoms with van der Waals surface area (Å²) in [4.78, 5) is 9.98. The van der Waals surface area contributed by atoms with Crippen molar-refractivity contribution in [2.24, 2.45) is 0 Å². The van der Waals surface area contributed by atoms with Crippen LogP contribution in [0.4, 0.5) is 4.39 Å². The maximum Gasteiger partial charge on any atom is 0.150 e. The fourth-order valence-electron chi connectivity index (χ4n) is 5.50. The molecule has 0 spiro atoms. The number of hydrogen-bond acceptors (Lipinski definition) is 6. The second-order valence-electron chi connectivity index (χ2n) is 11.4. The van der Waals surface area contributed by atoms with Crippen LogP contribution in [0.3, 0.4) is 0 Å². The molecular formula is C37H50ClFN4O3. The third-order valence-electron chi connectivity index (χ3n) is 8.32. The zero-order valence-corrected chi connectivity index (χ0v) is 28.9. The number of benzene rings is 3. The Bertz CT molecular complexity index is 1500. The number of unbranched alkanes of at least 4 members (excludes halogenated alkanes) is 1. The van der Waals surface area contributed by atoms with E-state index < -0.39 is 5.82 Å². The van der Waals surface area contributed by atoms with Crippen molar-refractivity contribution in [3.8, 4) is 34.4 Å². The summed E-state index contributed by atoms with van der Waals surface area (Å²) in [5.74, 6) is 2.88. The minimum Gasteiger partial charge on any atom is -0.493 e. The molecule has 0 N–H and O–H groups in total. The van der Waals surface area contributed by atoms with Crippen LogP contribution >= 0.6 is 11.6 Å². The highest BCUT2D eigenvalue weighted by Gasteiger charge is 2.19. The molecule has 7 nitrogen and oxygen atoms in total. The van der Waals surface area contributed by atoms with E-state index >= 15 is 0 Å². The Labute approximate surface area is 279 Å². The Morgan fingerprint density at radius 3 is 1.98 bits per heavy atom. The van der Waals surface area contributed by atoms with Gasteiger partial charge in [0.25, 0.3) is 0 Å². The first-order valence-corrected chi connectivity index (χ1v) is 17.3. The molecule has 0 atom stereocenters. The predicted molar refractivity (Wildman–Crippen MR) is 187 cm³/mol. The van der Waals surface area contributed by atoms with Crippen LogP contribution < -0.4 is 14.2 Å². The van der Waals surface area contributed by atoms with E-state index in [1.54, 1.807) is 6.07 Å². The Morgan fingerprint density at radius 1 is 0.739 bits per heavy atom. The molecule has 0 saturated carbocycles. The molecule has 46 heavy (non-hydrogen) atoms. The Hall–Kier alpha value is -3.33. The van der Waals surface area contributed by atoms with Crippen molar-refractivity contribution >= 4 is 22.6 Å². The average molecular weight is 653 g/mol. The lowest BCUT2D eigenvalue weighted by Crippen LogP contribution is -2.25. The van der Waals surface area contributed by atoms with Crippen molar-refractivity contribution in [2.45, 2.75) is 66.8 Å². The molecule has 250 valence electrons. The molecule has 0 aliphatic rings. The number of ether oxygens (including phenoxy) is 3. The smallest absolute Gasteiger partial charge is 0.150 e. The van der Waals surface area contributed by atoms with Crippen molar-refractivity contribution in [1.82, 2.24) is 19.4 Å². The number of rotatable bonds is 20. The van der Waals surface area contributed by atoms with Crippen LogP contribution in [0.15, 0.2) is 54.6 Å². The fraction of sp³-hybridized carbons (Fsp3) is 0.486. The largest absolute Gasteiger partial charge is 0.493 e. The Balaban J connectivity index is 1.64. The van der Waals surface area contributed by atoms with Gasteiger partial charge < -0.3 is 28.6 Å². The number of aryl methyl sites for hydroxylation is 1. The lowest BCUT2D eigenvalue weighted by Gasteiger charge is -2.18. The van der Waals surface area contributed by atoms with Gasteiger partial charge in [-0.2, -0.15) is 0 Å². The van der Waals surface area contributed by atoms with Crippen LogP contribution in [0, 0.1) is 5.82 Å². The molecule has 1 aromatic heterocycles. The van der Waals surface area contributed by atoms with E-state index in [2.05, 4.69) is 55.1 Å². The molecule has 0 aliphatic carbocycles. The summed E-state index contributed by atoms with van der Waals surface area (Å²) < 4.78 is 34.9. The van der Waals surface area contributed by atoms with Gasteiger partial charge in [-0.3, -0.25) is 0 Å². The first-order valence-electron chi connectivity index (χ1n) is 16.9. The summed E-state index contributed by atoms with van der Waals surface area (Å²) in [7, 11) is 0. The minimum atomic E-state index is -0.515. The summed E-state index contributed by atoms with van der Waals surface area (Å²) in [6, 6.07) is 16.3. The van der Waals surface area contributed by atoms with E-state index in [0.717, 1.165) is 105 Å². The van der Waals surface area contributed by atoms with Crippen molar-refractivity contribution < 1.29 is 18.6 Å². The van der Waals surface area contributed by atoms with Gasteiger partial charge in [0.2, 0.25) is 0 Å². The van der Waals surface area contributed by atoms with Gasteiger partial charge in [-0.15, -0.1) is 0 Å². The molecule has 0 amide bonds. The molecule has 3 aromatic carbocycles. The molecule has 9 heteroatoms. The molecular weight excluding hydrogens is 603 g/mol. The topological polar surface area (TPSA) is 52.0 Å². The molecule has 0 bridgehead atoms. The SMILES string of the molecule is CCCCn1c(-c2ccc(Oc3ccc(Cl)c(F)c3)cc2)nc2c(OCCCN(CC)CC)cc(OCCCN(CC)CC)cc21. The molecule has 1 heterocycles. The monoisotopic (exact) mass is 652 g/mol. The van der Waals surface area contributed by atoms with Gasteiger partial charge in [-0.1, -0.05) is 52.6 Å². The van der Waals surface area contributed by atoms with Crippen LogP contribution in [0.5, 0.6) is 23.0 Å². The summed E-state index contributed by atoms with van der Waals surface area (Å²) in [5.41, 5.74) is 2.79. The maximum atomic E-state index is 13.9. The molecule has 4 aromatic rings. The van der Waals surface area contributed by atoms with E-state index in [0.29, 0.717) is 24.7 Å². The van der Waals surface area contributed by atoms with Crippen LogP contribution in [0.25, 0.3) is 22.4 Å². The number of nitrogens with zero attached hydrogens (tertiary/aromatic N) is 4. The third kappa shape index (κ3) is 9.60. The van der Waals surface area contributed by atoms with Gasteiger partial charge in [0.05, 0.1) is 23.8 Å². The van der Waals surface area contributed by atoms with Crippen LogP contribution in [0.1, 0.15) is 60.3 Å². The van der Waals surface area contributed by atoms with Crippen molar-refractivity contribution in [2.75, 3.05) is 52.5 Å². The summed E-state index contributed by atoms with van der Waals surface area (Å²) >= 11 is 5.83. The number of hydrogen-bond donors (Lipinski definition) is 0. The lowest BCUT2D eigenvalue weighted by atomic mass is 10.2. The molecule has 0 radical (unpaired) electrons. The van der Waals surface area contributed by atoms with Gasteiger partial charge in [0, 0.05) is 43.4 Å². The summed E-state index contributed by atoms with van der Waals surface area (Å²) in [6.45, 7) is 19.2. The predicted octanol–water partition coefficient (Wildman–Crippen LogP) is 9.31. The van der Waals surface area contributed by atoms with E-state index in [4.69, 9.17) is 30.8 Å². The van der Waals surface area contributed by atoms with Crippen molar-refractivity contribution in [1.29, 1.82) is 0 Å². The normalized spacial score (nSPS) is 11.6. The number of halogens is 2. The zero-order valence-electron chi connectivity index (χ0n) is 28.2. The first kappa shape index (κ1) is 35.5. The van der Waals surface area contributed by atoms with Crippen molar-refractivity contribution in [3.63, 3.8) is 0 Å². The zero-order chi connectivity index (χ0) is 32.9. The molecule has 4 rings (SSSR count). The molecule has 0 fully saturated rings. The number of imidazole rings is 1. The van der Waals surface area contributed by atoms with E-state index in [9.17, 15) is 4.39 Å². The van der Waals surface area contributed by atoms with Crippen LogP contribution in [0.2, 0.25) is 5.02 Å². The first-order chi connectivity index (χ1) is 22.4. The second-order valence-corrected chi connectivity index (χ2v) is 11.8. The fourth-order valence-corrected chi connectivity index (χ4v) is 5.62. The van der Waals surface area contributed by atoms with Gasteiger partial charge >= 0.3 is 0 Å². The van der Waals surface area contributed by atoms with Gasteiger partial charge in [0.1, 0.15) is 34.4 Å². The number of aromatic nitrogens is 2. The quantitative estimate of drug-likeness (QED) is 0.0887. The van der Waals surface area contributed by atoms with Crippen molar-refractivity contribution in [3.05, 3.63) is 65.4 Å². The molecule has 0 aliphatic heterocycles. The number of fused-ring (bicyclic) bond motifs is 1. The van der Waals surface area contributed by atoms with Crippen LogP contribution in [-0.2, 0) is 6.54 Å². The second kappa shape index (κ2) is 18.1. The minimum absolute atomic E-state index is 0.0640. The highest BCUT2D eigenvalue weighted by molar-refractivity contribution is 6.30. The molecule has 0 unspecified atom stereocenters. The van der Waals surface area contributed by atoms with Gasteiger partial charge in [0.15, 0.2) is 5.75 Å². The highest BCUT2D eigenvalue weighted by Crippen LogP contribution is 2.36. The Kier molecular flexibility index (Phi) is 14.0. The highest BCUT2D eigenvalue weighted by atomic mass is 35.5. The van der Waals surface area contributed by atoms with Gasteiger partial charge in [-0.25, -0.2) is 9.37 Å².